The zero-order valence-electron chi connectivity index (χ0n) is 17.3. The molecular weight excluding hydrogens is 352 g/mol. The van der Waals surface area contributed by atoms with Gasteiger partial charge in [0, 0.05) is 10.6 Å². The van der Waals surface area contributed by atoms with Gasteiger partial charge in [-0.3, -0.25) is 4.79 Å². The summed E-state index contributed by atoms with van der Waals surface area (Å²) in [4.78, 5) is 25.3. The highest BCUT2D eigenvalue weighted by Gasteiger charge is 2.31. The Balaban J connectivity index is 3.23. The average Bonchev–Trinajstić information content (AvgIpc) is 2.39. The lowest BCUT2D eigenvalue weighted by Crippen LogP contribution is -2.56. The summed E-state index contributed by atoms with van der Waals surface area (Å²) in [5.74, 6) is -0.351. The minimum atomic E-state index is -0.682. The zero-order valence-corrected chi connectivity index (χ0v) is 18.0. The molecule has 0 radical (unpaired) electrons. The van der Waals surface area contributed by atoms with Crippen molar-refractivity contribution in [1.29, 1.82) is 0 Å². The summed E-state index contributed by atoms with van der Waals surface area (Å²) in [6.07, 6.45) is -0.682. The van der Waals surface area contributed by atoms with Crippen molar-refractivity contribution in [3.05, 3.63) is 34.3 Å². The van der Waals surface area contributed by atoms with Crippen molar-refractivity contribution in [2.45, 2.75) is 78.9 Å². The van der Waals surface area contributed by atoms with Crippen molar-refractivity contribution < 1.29 is 14.3 Å². The van der Waals surface area contributed by atoms with Gasteiger partial charge in [0.2, 0.25) is 0 Å². The molecule has 0 heterocycles. The molecule has 0 aromatic heterocycles. The molecule has 0 unspecified atom stereocenters. The Kier molecular flexibility index (Phi) is 6.41. The van der Waals surface area contributed by atoms with Gasteiger partial charge in [-0.15, -0.1) is 0 Å². The molecule has 0 spiro atoms. The van der Waals surface area contributed by atoms with Crippen LogP contribution in [0.1, 0.15) is 78.2 Å². The Morgan fingerprint density at radius 3 is 1.92 bits per heavy atom. The van der Waals surface area contributed by atoms with Crippen molar-refractivity contribution in [2.75, 3.05) is 0 Å². The number of hydrogen-bond donors (Lipinski definition) is 1. The van der Waals surface area contributed by atoms with E-state index in [1.165, 1.54) is 5.01 Å². The molecule has 0 atom stereocenters. The van der Waals surface area contributed by atoms with E-state index in [-0.39, 0.29) is 11.3 Å². The topological polar surface area (TPSA) is 58.6 Å². The molecule has 0 aliphatic heterocycles. The summed E-state index contributed by atoms with van der Waals surface area (Å²) in [7, 11) is 0. The first-order valence-corrected chi connectivity index (χ1v) is 9.04. The van der Waals surface area contributed by atoms with Crippen LogP contribution in [0.2, 0.25) is 5.02 Å². The first kappa shape index (κ1) is 22.3. The van der Waals surface area contributed by atoms with Crippen LogP contribution >= 0.6 is 11.6 Å². The normalized spacial score (nSPS) is 12.5. The number of carbonyl (C=O) groups excluding carboxylic acids is 2. The summed E-state index contributed by atoms with van der Waals surface area (Å²) >= 11 is 6.23. The highest BCUT2D eigenvalue weighted by Crippen LogP contribution is 2.28. The van der Waals surface area contributed by atoms with Gasteiger partial charge >= 0.3 is 6.09 Å². The van der Waals surface area contributed by atoms with E-state index in [9.17, 15) is 9.59 Å². The van der Waals surface area contributed by atoms with Crippen LogP contribution < -0.4 is 5.43 Å². The predicted octanol–water partition coefficient (Wildman–Crippen LogP) is 5.32. The van der Waals surface area contributed by atoms with E-state index >= 15 is 0 Å². The Hall–Kier alpha value is -1.75. The third-order valence-electron chi connectivity index (χ3n) is 3.49. The fraction of sp³-hybridized carbons (Fsp3) is 0.600. The van der Waals surface area contributed by atoms with Crippen LogP contribution in [0.15, 0.2) is 18.2 Å². The van der Waals surface area contributed by atoms with Gasteiger partial charge in [0.05, 0.1) is 5.54 Å². The van der Waals surface area contributed by atoms with Gasteiger partial charge in [-0.05, 0) is 70.7 Å². The minimum absolute atomic E-state index is 0.162. The average molecular weight is 383 g/mol. The van der Waals surface area contributed by atoms with Crippen LogP contribution in [-0.2, 0) is 10.2 Å². The highest BCUT2D eigenvalue weighted by atomic mass is 35.5. The van der Waals surface area contributed by atoms with E-state index in [4.69, 9.17) is 16.3 Å². The number of halogens is 1. The lowest BCUT2D eigenvalue weighted by atomic mass is 9.86. The zero-order chi connectivity index (χ0) is 20.5. The molecule has 0 fully saturated rings. The molecule has 1 aromatic rings. The quantitative estimate of drug-likeness (QED) is 0.669. The Morgan fingerprint density at radius 1 is 0.962 bits per heavy atom. The van der Waals surface area contributed by atoms with E-state index in [0.29, 0.717) is 10.6 Å². The number of ether oxygens (including phenoxy) is 1. The molecule has 0 bridgehead atoms. The van der Waals surface area contributed by atoms with Crippen molar-refractivity contribution in [3.8, 4) is 0 Å². The van der Waals surface area contributed by atoms with Crippen molar-refractivity contribution in [3.63, 3.8) is 0 Å². The van der Waals surface area contributed by atoms with Crippen LogP contribution in [0.5, 0.6) is 0 Å². The van der Waals surface area contributed by atoms with Gasteiger partial charge in [0.1, 0.15) is 5.60 Å². The molecule has 6 heteroatoms. The fourth-order valence-corrected chi connectivity index (χ4v) is 2.43. The molecule has 0 aliphatic carbocycles. The molecule has 26 heavy (non-hydrogen) atoms. The summed E-state index contributed by atoms with van der Waals surface area (Å²) in [5.41, 5.74) is 2.45. The minimum Gasteiger partial charge on any atom is -0.443 e. The second-order valence-electron chi connectivity index (χ2n) is 9.40. The van der Waals surface area contributed by atoms with Gasteiger partial charge in [-0.1, -0.05) is 32.4 Å². The number of carbonyl (C=O) groups is 2. The standard InChI is InChI=1S/C20H31ClN2O3/c1-18(2,3)14-10-13(11-15(21)12-14)16(24)23(19(4,5)6)22-17(25)26-20(7,8)9/h10-12H,1-9H3,(H,22,25). The smallest absolute Gasteiger partial charge is 0.426 e. The molecule has 146 valence electrons. The maximum atomic E-state index is 13.1. The fourth-order valence-electron chi connectivity index (χ4n) is 2.19. The molecule has 2 amide bonds. The number of hydrazine groups is 1. The second kappa shape index (κ2) is 7.47. The summed E-state index contributed by atoms with van der Waals surface area (Å²) < 4.78 is 5.28. The van der Waals surface area contributed by atoms with E-state index < -0.39 is 17.2 Å². The van der Waals surface area contributed by atoms with Crippen LogP contribution in [0.4, 0.5) is 4.79 Å². The SMILES string of the molecule is CC(C)(C)OC(=O)NN(C(=O)c1cc(Cl)cc(C(C)(C)C)c1)C(C)(C)C. The largest absolute Gasteiger partial charge is 0.443 e. The maximum Gasteiger partial charge on any atom is 0.426 e. The molecule has 0 saturated carbocycles. The molecular formula is C20H31ClN2O3. The molecule has 1 N–H and O–H groups in total. The lowest BCUT2D eigenvalue weighted by Gasteiger charge is -2.36. The van der Waals surface area contributed by atoms with Gasteiger partial charge in [-0.2, -0.15) is 0 Å². The van der Waals surface area contributed by atoms with Crippen molar-refractivity contribution in [2.24, 2.45) is 0 Å². The number of benzene rings is 1. The lowest BCUT2D eigenvalue weighted by molar-refractivity contribution is 0.0118. The predicted molar refractivity (Wildman–Crippen MR) is 105 cm³/mol. The summed E-state index contributed by atoms with van der Waals surface area (Å²) in [5, 5.41) is 1.76. The van der Waals surface area contributed by atoms with Gasteiger partial charge in [0.15, 0.2) is 0 Å². The van der Waals surface area contributed by atoms with E-state index in [1.807, 2.05) is 53.7 Å². The van der Waals surface area contributed by atoms with Crippen LogP contribution in [0, 0.1) is 0 Å². The summed E-state index contributed by atoms with van der Waals surface area (Å²) in [6.45, 7) is 16.9. The third-order valence-corrected chi connectivity index (χ3v) is 3.70. The van der Waals surface area contributed by atoms with Crippen LogP contribution in [0.25, 0.3) is 0 Å². The molecule has 1 aromatic carbocycles. The van der Waals surface area contributed by atoms with E-state index in [2.05, 4.69) is 5.43 Å². The van der Waals surface area contributed by atoms with Gasteiger partial charge in [0.25, 0.3) is 5.91 Å². The Bertz CT molecular complexity index is 680. The molecule has 1 rings (SSSR count). The third kappa shape index (κ3) is 6.52. The monoisotopic (exact) mass is 382 g/mol. The number of nitrogens with one attached hydrogen (secondary N) is 1. The molecule has 0 aliphatic rings. The van der Waals surface area contributed by atoms with Gasteiger partial charge in [-0.25, -0.2) is 15.2 Å². The first-order valence-electron chi connectivity index (χ1n) is 8.66. The second-order valence-corrected chi connectivity index (χ2v) is 9.84. The van der Waals surface area contributed by atoms with Crippen molar-refractivity contribution >= 4 is 23.6 Å². The Morgan fingerprint density at radius 2 is 1.50 bits per heavy atom. The maximum absolute atomic E-state index is 13.1. The highest BCUT2D eigenvalue weighted by molar-refractivity contribution is 6.31. The number of rotatable bonds is 1. The van der Waals surface area contributed by atoms with Crippen LogP contribution in [-0.4, -0.2) is 28.1 Å². The molecule has 5 nitrogen and oxygen atoms in total. The number of amides is 2. The molecule has 0 saturated heterocycles. The van der Waals surface area contributed by atoms with Crippen molar-refractivity contribution in [1.82, 2.24) is 10.4 Å². The van der Waals surface area contributed by atoms with Gasteiger partial charge < -0.3 is 4.74 Å². The number of nitrogens with zero attached hydrogens (tertiary/aromatic N) is 1. The number of hydrogen-bond acceptors (Lipinski definition) is 3. The van der Waals surface area contributed by atoms with Crippen LogP contribution in [0.3, 0.4) is 0 Å². The summed E-state index contributed by atoms with van der Waals surface area (Å²) in [6, 6.07) is 5.26. The van der Waals surface area contributed by atoms with E-state index in [0.717, 1.165) is 5.56 Å². The van der Waals surface area contributed by atoms with E-state index in [1.54, 1.807) is 26.8 Å². The Labute approximate surface area is 162 Å². The first-order chi connectivity index (χ1) is 11.5.